The second-order valence-electron chi connectivity index (χ2n) is 11.9. The molecule has 8 unspecified atom stereocenters. The van der Waals surface area contributed by atoms with E-state index in [1.165, 1.54) is 29.7 Å². The van der Waals surface area contributed by atoms with Crippen molar-refractivity contribution in [3.8, 4) is 0 Å². The first kappa shape index (κ1) is 25.5. The summed E-state index contributed by atoms with van der Waals surface area (Å²) in [5.74, 6) is -1.29. The number of carbonyl (C=O) groups is 2. The number of anilines is 1. The largest absolute Gasteiger partial charge is 0.390 e. The Labute approximate surface area is 224 Å². The van der Waals surface area contributed by atoms with Crippen LogP contribution in [0.5, 0.6) is 0 Å². The van der Waals surface area contributed by atoms with Crippen LogP contribution < -0.4 is 5.32 Å². The molecule has 8 atom stereocenters. The van der Waals surface area contributed by atoms with Crippen molar-refractivity contribution >= 4 is 28.2 Å². The van der Waals surface area contributed by atoms with Crippen LogP contribution in [0.4, 0.5) is 13.9 Å². The molecule has 2 aromatic heterocycles. The molecule has 4 aliphatic rings. The number of carbonyl (C=O) groups excluding carboxylic acids is 2. The van der Waals surface area contributed by atoms with Crippen LogP contribution in [0.2, 0.25) is 0 Å². The average molecular weight is 540 g/mol. The number of fused-ring (bicyclic) bond motifs is 5. The van der Waals surface area contributed by atoms with E-state index >= 15 is 4.39 Å². The molecule has 9 heteroatoms. The molecule has 4 aliphatic carbocycles. The second kappa shape index (κ2) is 8.61. The number of aromatic nitrogens is 2. The van der Waals surface area contributed by atoms with Crippen LogP contribution in [0, 0.1) is 34.5 Å². The highest BCUT2D eigenvalue weighted by molar-refractivity contribution is 7.14. The number of pyridine rings is 1. The molecule has 1 amide bonds. The lowest BCUT2D eigenvalue weighted by Gasteiger charge is -2.62. The summed E-state index contributed by atoms with van der Waals surface area (Å²) in [7, 11) is 0. The number of alkyl halides is 1. The maximum atomic E-state index is 17.3. The van der Waals surface area contributed by atoms with Gasteiger partial charge in [0.25, 0.3) is 5.91 Å². The number of aliphatic hydroxyl groups excluding tert-OH is 1. The molecule has 3 saturated carbocycles. The van der Waals surface area contributed by atoms with E-state index in [2.05, 4.69) is 24.1 Å². The highest BCUT2D eigenvalue weighted by Crippen LogP contribution is 2.71. The maximum absolute atomic E-state index is 17.3. The topological polar surface area (TPSA) is 92.2 Å². The van der Waals surface area contributed by atoms with Gasteiger partial charge in [-0.1, -0.05) is 25.5 Å². The molecular formula is C29H31F2N3O3S. The summed E-state index contributed by atoms with van der Waals surface area (Å²) in [4.78, 5) is 32.9. The summed E-state index contributed by atoms with van der Waals surface area (Å²) in [5.41, 5.74) is -1.37. The SMILES string of the molecule is CC1CC2C3CCC4=CC(=O)C=CC4(C)C3(F)C(O)CC2(C)C1c1csc(NC(=O)c2ccc(F)nc2)n1. The van der Waals surface area contributed by atoms with Crippen molar-refractivity contribution in [2.24, 2.45) is 28.6 Å². The summed E-state index contributed by atoms with van der Waals surface area (Å²) in [6.45, 7) is 6.16. The number of halogens is 2. The molecule has 2 N–H and O–H groups in total. The van der Waals surface area contributed by atoms with Crippen LogP contribution in [-0.4, -0.2) is 38.5 Å². The molecule has 2 heterocycles. The molecule has 6 rings (SSSR count). The summed E-state index contributed by atoms with van der Waals surface area (Å²) in [5, 5.41) is 16.7. The first-order valence-corrected chi connectivity index (χ1v) is 14.0. The van der Waals surface area contributed by atoms with Crippen molar-refractivity contribution in [1.82, 2.24) is 9.97 Å². The normalized spacial score (nSPS) is 39.7. The zero-order valence-corrected chi connectivity index (χ0v) is 22.4. The Morgan fingerprint density at radius 3 is 2.79 bits per heavy atom. The number of rotatable bonds is 3. The molecule has 200 valence electrons. The minimum atomic E-state index is -1.85. The van der Waals surface area contributed by atoms with E-state index in [4.69, 9.17) is 4.98 Å². The van der Waals surface area contributed by atoms with E-state index in [-0.39, 0.29) is 40.4 Å². The average Bonchev–Trinajstić information content (AvgIpc) is 3.41. The zero-order valence-electron chi connectivity index (χ0n) is 21.6. The quantitative estimate of drug-likeness (QED) is 0.494. The predicted molar refractivity (Wildman–Crippen MR) is 140 cm³/mol. The van der Waals surface area contributed by atoms with Gasteiger partial charge < -0.3 is 5.11 Å². The van der Waals surface area contributed by atoms with Crippen molar-refractivity contribution < 1.29 is 23.5 Å². The monoisotopic (exact) mass is 539 g/mol. The molecule has 0 aliphatic heterocycles. The Kier molecular flexibility index (Phi) is 5.78. The molecule has 6 nitrogen and oxygen atoms in total. The minimum Gasteiger partial charge on any atom is -0.390 e. The van der Waals surface area contributed by atoms with E-state index in [0.717, 1.165) is 23.8 Å². The van der Waals surface area contributed by atoms with Crippen LogP contribution in [0.15, 0.2) is 47.5 Å². The van der Waals surface area contributed by atoms with Gasteiger partial charge in [0.05, 0.1) is 17.4 Å². The van der Waals surface area contributed by atoms with Gasteiger partial charge >= 0.3 is 0 Å². The molecule has 0 saturated heterocycles. The van der Waals surface area contributed by atoms with Crippen molar-refractivity contribution in [3.05, 3.63) is 64.7 Å². The van der Waals surface area contributed by atoms with Crippen LogP contribution in [0.1, 0.15) is 68.4 Å². The Balaban J connectivity index is 1.29. The number of amides is 1. The number of ketones is 1. The van der Waals surface area contributed by atoms with Gasteiger partial charge in [0.2, 0.25) is 5.95 Å². The molecule has 0 radical (unpaired) electrons. The maximum Gasteiger partial charge on any atom is 0.259 e. The number of thiazole rings is 1. The lowest BCUT2D eigenvalue weighted by atomic mass is 9.45. The fourth-order valence-electron chi connectivity index (χ4n) is 8.37. The van der Waals surface area contributed by atoms with Crippen LogP contribution in [0.3, 0.4) is 0 Å². The molecule has 0 spiro atoms. The summed E-state index contributed by atoms with van der Waals surface area (Å²) in [6.07, 6.45) is 7.05. The van der Waals surface area contributed by atoms with E-state index < -0.39 is 29.0 Å². The van der Waals surface area contributed by atoms with Gasteiger partial charge in [-0.25, -0.2) is 14.4 Å². The molecule has 0 aromatic carbocycles. The standard InChI is InChI=1S/C29H31F2N3O3S/c1-15-10-20-19-6-5-17-11-18(35)8-9-28(17,3)29(19,31)22(36)12-27(20,2)24(15)21-14-38-26(33-21)34-25(37)16-4-7-23(30)32-13-16/h4,7-9,11,13-15,19-20,22,24,36H,5-6,10,12H2,1-3H3,(H,33,34,37). The first-order valence-electron chi connectivity index (χ1n) is 13.2. The van der Waals surface area contributed by atoms with Crippen LogP contribution in [0.25, 0.3) is 0 Å². The van der Waals surface area contributed by atoms with Gasteiger partial charge in [-0.05, 0) is 74.1 Å². The Morgan fingerprint density at radius 2 is 2.05 bits per heavy atom. The lowest BCUT2D eigenvalue weighted by molar-refractivity contribution is -0.191. The van der Waals surface area contributed by atoms with Gasteiger partial charge in [0.1, 0.15) is 0 Å². The molecule has 38 heavy (non-hydrogen) atoms. The van der Waals surface area contributed by atoms with Gasteiger partial charge in [0, 0.05) is 28.8 Å². The molecular weight excluding hydrogens is 508 g/mol. The Bertz CT molecular complexity index is 1370. The number of hydrogen-bond acceptors (Lipinski definition) is 6. The Hall–Kier alpha value is -2.78. The number of nitrogens with one attached hydrogen (secondary N) is 1. The summed E-state index contributed by atoms with van der Waals surface area (Å²) in [6, 6.07) is 2.50. The van der Waals surface area contributed by atoms with E-state index in [1.807, 2.05) is 12.3 Å². The van der Waals surface area contributed by atoms with Crippen LogP contribution in [-0.2, 0) is 4.79 Å². The smallest absolute Gasteiger partial charge is 0.259 e. The lowest BCUT2D eigenvalue weighted by Crippen LogP contribution is -2.66. The van der Waals surface area contributed by atoms with Crippen molar-refractivity contribution in [2.45, 2.75) is 64.1 Å². The summed E-state index contributed by atoms with van der Waals surface area (Å²) >= 11 is 1.32. The first-order chi connectivity index (χ1) is 18.0. The number of nitrogens with zero attached hydrogens (tertiary/aromatic N) is 2. The van der Waals surface area contributed by atoms with E-state index in [1.54, 1.807) is 12.2 Å². The third kappa shape index (κ3) is 3.50. The van der Waals surface area contributed by atoms with Crippen molar-refractivity contribution in [1.29, 1.82) is 0 Å². The molecule has 2 aromatic rings. The fraction of sp³-hybridized carbons (Fsp3) is 0.517. The van der Waals surface area contributed by atoms with Crippen LogP contribution >= 0.6 is 11.3 Å². The van der Waals surface area contributed by atoms with Gasteiger partial charge in [-0.2, -0.15) is 4.39 Å². The minimum absolute atomic E-state index is 0.00527. The third-order valence-electron chi connectivity index (χ3n) is 10.0. The Morgan fingerprint density at radius 1 is 1.26 bits per heavy atom. The zero-order chi connectivity index (χ0) is 27.0. The van der Waals surface area contributed by atoms with E-state index in [0.29, 0.717) is 24.4 Å². The van der Waals surface area contributed by atoms with E-state index in [9.17, 15) is 19.1 Å². The van der Waals surface area contributed by atoms with Gasteiger partial charge in [0.15, 0.2) is 16.6 Å². The van der Waals surface area contributed by atoms with Gasteiger partial charge in [-0.15, -0.1) is 11.3 Å². The predicted octanol–water partition coefficient (Wildman–Crippen LogP) is 5.63. The highest BCUT2D eigenvalue weighted by atomic mass is 32.1. The number of aliphatic hydroxyl groups is 1. The van der Waals surface area contributed by atoms with Gasteiger partial charge in [-0.3, -0.25) is 14.9 Å². The number of hydrogen-bond donors (Lipinski definition) is 2. The van der Waals surface area contributed by atoms with Crippen molar-refractivity contribution in [3.63, 3.8) is 0 Å². The van der Waals surface area contributed by atoms with Crippen molar-refractivity contribution in [2.75, 3.05) is 5.32 Å². The summed E-state index contributed by atoms with van der Waals surface area (Å²) < 4.78 is 30.4. The number of allylic oxidation sites excluding steroid dienone is 4. The highest BCUT2D eigenvalue weighted by Gasteiger charge is 2.71. The third-order valence-corrected chi connectivity index (χ3v) is 10.8. The fourth-order valence-corrected chi connectivity index (χ4v) is 9.12. The molecule has 0 bridgehead atoms. The molecule has 3 fully saturated rings. The second-order valence-corrected chi connectivity index (χ2v) is 12.8.